The molecule has 1 aliphatic carbocycles. The third-order valence-electron chi connectivity index (χ3n) is 9.28. The van der Waals surface area contributed by atoms with Crippen molar-refractivity contribution in [2.24, 2.45) is 0 Å². The summed E-state index contributed by atoms with van der Waals surface area (Å²) in [5, 5.41) is 13.1. The molecule has 0 saturated heterocycles. The van der Waals surface area contributed by atoms with Crippen LogP contribution >= 0.6 is 0 Å². The molecule has 0 heteroatoms. The molecule has 0 aliphatic heterocycles. The van der Waals surface area contributed by atoms with Crippen LogP contribution in [0.1, 0.15) is 17.5 Å². The van der Waals surface area contributed by atoms with Crippen molar-refractivity contribution < 1.29 is 0 Å². The summed E-state index contributed by atoms with van der Waals surface area (Å²) in [5.74, 6) is 0. The molecule has 0 aromatic heterocycles. The SMILES string of the molecule is C1=Cc2c(-c3c4ccccc4c(-c4cc5ccccc5c5ccccc45)c4ccccc34)cc3ccccc3c2CC1. The Kier molecular flexibility index (Phi) is 5.12. The van der Waals surface area contributed by atoms with Crippen LogP contribution < -0.4 is 0 Å². The van der Waals surface area contributed by atoms with Crippen molar-refractivity contribution in [3.05, 3.63) is 151 Å². The summed E-state index contributed by atoms with van der Waals surface area (Å²) in [6, 6.07) is 49.6. The molecule has 42 heavy (non-hydrogen) atoms. The quantitative estimate of drug-likeness (QED) is 0.153. The summed E-state index contributed by atoms with van der Waals surface area (Å²) < 4.78 is 0. The summed E-state index contributed by atoms with van der Waals surface area (Å²) in [5.41, 5.74) is 8.13. The average Bonchev–Trinajstić information content (AvgIpc) is 3.06. The van der Waals surface area contributed by atoms with Crippen LogP contribution in [0.15, 0.2) is 140 Å². The molecule has 0 spiro atoms. The van der Waals surface area contributed by atoms with Crippen LogP contribution in [0.4, 0.5) is 0 Å². The predicted octanol–water partition coefficient (Wildman–Crippen LogP) is 11.7. The van der Waals surface area contributed by atoms with E-state index in [9.17, 15) is 0 Å². The minimum Gasteiger partial charge on any atom is -0.0836 e. The van der Waals surface area contributed by atoms with Crippen LogP contribution in [0.25, 0.3) is 82.2 Å². The molecular formula is C42H28. The Balaban J connectivity index is 1.48. The maximum Gasteiger partial charge on any atom is -0.00199 e. The molecule has 0 bridgehead atoms. The van der Waals surface area contributed by atoms with Gasteiger partial charge in [-0.25, -0.2) is 0 Å². The van der Waals surface area contributed by atoms with Crippen molar-refractivity contribution in [1.29, 1.82) is 0 Å². The second-order valence-electron chi connectivity index (χ2n) is 11.5. The largest absolute Gasteiger partial charge is 0.0836 e. The number of rotatable bonds is 2. The van der Waals surface area contributed by atoms with E-state index in [1.807, 2.05) is 0 Å². The van der Waals surface area contributed by atoms with Crippen LogP contribution in [0.3, 0.4) is 0 Å². The molecule has 196 valence electrons. The highest BCUT2D eigenvalue weighted by Crippen LogP contribution is 2.48. The minimum atomic E-state index is 1.08. The highest BCUT2D eigenvalue weighted by Gasteiger charge is 2.22. The molecule has 0 nitrogen and oxygen atoms in total. The van der Waals surface area contributed by atoms with Gasteiger partial charge in [0.2, 0.25) is 0 Å². The Morgan fingerprint density at radius 2 is 0.833 bits per heavy atom. The lowest BCUT2D eigenvalue weighted by Gasteiger charge is -2.23. The topological polar surface area (TPSA) is 0 Å². The van der Waals surface area contributed by atoms with Crippen molar-refractivity contribution in [2.45, 2.75) is 12.8 Å². The van der Waals surface area contributed by atoms with E-state index in [1.54, 1.807) is 0 Å². The second-order valence-corrected chi connectivity index (χ2v) is 11.5. The van der Waals surface area contributed by atoms with Gasteiger partial charge in [0.15, 0.2) is 0 Å². The van der Waals surface area contributed by atoms with Crippen molar-refractivity contribution in [2.75, 3.05) is 0 Å². The summed E-state index contributed by atoms with van der Waals surface area (Å²) in [4.78, 5) is 0. The fourth-order valence-electron chi connectivity index (χ4n) is 7.50. The van der Waals surface area contributed by atoms with E-state index in [2.05, 4.69) is 146 Å². The van der Waals surface area contributed by atoms with Gasteiger partial charge in [0.25, 0.3) is 0 Å². The Hall–Kier alpha value is -5.20. The van der Waals surface area contributed by atoms with Gasteiger partial charge in [0.05, 0.1) is 0 Å². The first kappa shape index (κ1) is 23.5. The third-order valence-corrected chi connectivity index (χ3v) is 9.28. The van der Waals surface area contributed by atoms with Crippen molar-refractivity contribution >= 4 is 59.9 Å². The zero-order valence-electron chi connectivity index (χ0n) is 23.3. The lowest BCUT2D eigenvalue weighted by atomic mass is 9.80. The Morgan fingerprint density at radius 1 is 0.381 bits per heavy atom. The van der Waals surface area contributed by atoms with Crippen molar-refractivity contribution in [3.8, 4) is 22.3 Å². The van der Waals surface area contributed by atoms with E-state index >= 15 is 0 Å². The number of benzene rings is 8. The maximum atomic E-state index is 2.43. The predicted molar refractivity (Wildman–Crippen MR) is 182 cm³/mol. The average molecular weight is 533 g/mol. The first-order chi connectivity index (χ1) is 20.9. The molecular weight excluding hydrogens is 504 g/mol. The Morgan fingerprint density at radius 3 is 1.48 bits per heavy atom. The molecule has 8 aromatic rings. The molecule has 0 unspecified atom stereocenters. The third kappa shape index (κ3) is 3.36. The van der Waals surface area contributed by atoms with Crippen LogP contribution in [0.5, 0.6) is 0 Å². The normalized spacial score (nSPS) is 13.0. The summed E-state index contributed by atoms with van der Waals surface area (Å²) in [7, 11) is 0. The van der Waals surface area contributed by atoms with E-state index < -0.39 is 0 Å². The second kappa shape index (κ2) is 9.16. The number of allylic oxidation sites excluding steroid dienone is 1. The summed E-state index contributed by atoms with van der Waals surface area (Å²) >= 11 is 0. The van der Waals surface area contributed by atoms with Crippen LogP contribution in [-0.2, 0) is 6.42 Å². The Bertz CT molecular complexity index is 2350. The first-order valence-electron chi connectivity index (χ1n) is 14.9. The molecule has 1 aliphatic rings. The van der Waals surface area contributed by atoms with E-state index in [1.165, 1.54) is 87.2 Å². The molecule has 0 N–H and O–H groups in total. The van der Waals surface area contributed by atoms with Crippen LogP contribution in [-0.4, -0.2) is 0 Å². The fourth-order valence-corrected chi connectivity index (χ4v) is 7.50. The van der Waals surface area contributed by atoms with Gasteiger partial charge in [0.1, 0.15) is 0 Å². The van der Waals surface area contributed by atoms with Gasteiger partial charge >= 0.3 is 0 Å². The highest BCUT2D eigenvalue weighted by molar-refractivity contribution is 6.26. The monoisotopic (exact) mass is 532 g/mol. The molecule has 0 amide bonds. The number of hydrogen-bond acceptors (Lipinski definition) is 0. The van der Waals surface area contributed by atoms with Crippen LogP contribution in [0, 0.1) is 0 Å². The number of hydrogen-bond donors (Lipinski definition) is 0. The summed E-state index contributed by atoms with van der Waals surface area (Å²) in [6.45, 7) is 0. The van der Waals surface area contributed by atoms with E-state index in [0.717, 1.165) is 12.8 Å². The number of aryl methyl sites for hydroxylation is 1. The molecule has 9 rings (SSSR count). The maximum absolute atomic E-state index is 2.43. The van der Waals surface area contributed by atoms with E-state index in [0.29, 0.717) is 0 Å². The van der Waals surface area contributed by atoms with Gasteiger partial charge in [-0.3, -0.25) is 0 Å². The fraction of sp³-hybridized carbons (Fsp3) is 0.0476. The molecule has 0 atom stereocenters. The van der Waals surface area contributed by atoms with Gasteiger partial charge in [-0.05, 0) is 112 Å². The van der Waals surface area contributed by atoms with E-state index in [-0.39, 0.29) is 0 Å². The molecule has 0 heterocycles. The van der Waals surface area contributed by atoms with Crippen molar-refractivity contribution in [3.63, 3.8) is 0 Å². The van der Waals surface area contributed by atoms with Gasteiger partial charge in [0, 0.05) is 0 Å². The lowest BCUT2D eigenvalue weighted by Crippen LogP contribution is -2.00. The number of fused-ring (bicyclic) bond motifs is 8. The highest BCUT2D eigenvalue weighted by atomic mass is 14.2. The van der Waals surface area contributed by atoms with Gasteiger partial charge in [-0.1, -0.05) is 133 Å². The van der Waals surface area contributed by atoms with Gasteiger partial charge < -0.3 is 0 Å². The lowest BCUT2D eigenvalue weighted by molar-refractivity contribution is 0.998. The van der Waals surface area contributed by atoms with Gasteiger partial charge in [-0.15, -0.1) is 0 Å². The molecule has 0 radical (unpaired) electrons. The standard InChI is InChI=1S/C42H28/c1-3-15-29-27(13-1)25-39(33-19-7-5-17-31(29)33)41-35-21-9-11-23-37(35)42(38-24-12-10-22-36(38)41)40-26-28-14-2-4-16-30(28)32-18-6-8-20-34(32)40/h1-5,7-17,19-26H,6,18H2. The first-order valence-corrected chi connectivity index (χ1v) is 14.9. The Labute approximate surface area is 245 Å². The molecule has 8 aromatic carbocycles. The zero-order valence-corrected chi connectivity index (χ0v) is 23.3. The van der Waals surface area contributed by atoms with Gasteiger partial charge in [-0.2, -0.15) is 0 Å². The molecule has 0 fully saturated rings. The van der Waals surface area contributed by atoms with Crippen LogP contribution in [0.2, 0.25) is 0 Å². The minimum absolute atomic E-state index is 1.08. The molecule has 0 saturated carbocycles. The van der Waals surface area contributed by atoms with Crippen molar-refractivity contribution in [1.82, 2.24) is 0 Å². The summed E-state index contributed by atoms with van der Waals surface area (Å²) in [6.07, 6.45) is 6.89. The van der Waals surface area contributed by atoms with E-state index in [4.69, 9.17) is 0 Å². The smallest absolute Gasteiger partial charge is 0.00199 e. The zero-order chi connectivity index (χ0) is 27.6.